The minimum absolute atomic E-state index is 0.00951. The van der Waals surface area contributed by atoms with E-state index in [2.05, 4.69) is 28.4 Å². The molecule has 0 aliphatic carbocycles. The molecule has 2 bridgehead atoms. The number of esters is 2. The number of nitrogens with zero attached hydrogens (tertiary/aromatic N) is 2. The molecule has 71 heavy (non-hydrogen) atoms. The maximum absolute atomic E-state index is 13.4. The van der Waals surface area contributed by atoms with E-state index in [1.165, 1.54) is 50.1 Å². The van der Waals surface area contributed by atoms with Crippen molar-refractivity contribution in [2.45, 2.75) is 198 Å². The number of anilines is 1. The fourth-order valence-corrected chi connectivity index (χ4v) is 10.3. The summed E-state index contributed by atoms with van der Waals surface area (Å²) in [4.78, 5) is 64.1. The third-order valence-corrected chi connectivity index (χ3v) is 14.8. The molecular weight excluding hydrogens is 968 g/mol. The van der Waals surface area contributed by atoms with Gasteiger partial charge < -0.3 is 55.3 Å². The van der Waals surface area contributed by atoms with Crippen molar-refractivity contribution >= 4 is 33.4 Å². The highest BCUT2D eigenvalue weighted by Gasteiger charge is 2.45. The molecule has 0 radical (unpaired) electrons. The summed E-state index contributed by atoms with van der Waals surface area (Å²) in [5.74, 6) is -4.17. The highest BCUT2D eigenvalue weighted by Crippen LogP contribution is 2.60. The van der Waals surface area contributed by atoms with Crippen LogP contribution >= 0.6 is 15.6 Å². The Morgan fingerprint density at radius 3 is 2.21 bits per heavy atom. The van der Waals surface area contributed by atoms with Gasteiger partial charge in [0.25, 0.3) is 0 Å². The maximum atomic E-state index is 13.4. The Bertz CT molecular complexity index is 1950. The minimum Gasteiger partial charge on any atom is -0.462 e. The summed E-state index contributed by atoms with van der Waals surface area (Å²) in [5, 5.41) is 57.4. The lowest BCUT2D eigenvalue weighted by molar-refractivity contribution is -0.194. The van der Waals surface area contributed by atoms with Gasteiger partial charge in [-0.15, -0.1) is 0 Å². The lowest BCUT2D eigenvalue weighted by Gasteiger charge is -2.40. The van der Waals surface area contributed by atoms with Crippen LogP contribution in [0.25, 0.3) is 0 Å². The Balaban J connectivity index is 1.85. The van der Waals surface area contributed by atoms with Crippen LogP contribution in [0.2, 0.25) is 0 Å². The number of allylic oxidation sites excluding steroid dienone is 4. The molecule has 1 aromatic rings. The van der Waals surface area contributed by atoms with E-state index >= 15 is 0 Å². The maximum Gasteiger partial charge on any atom is 0.481 e. The van der Waals surface area contributed by atoms with E-state index in [9.17, 15) is 58.8 Å². The highest BCUT2D eigenvalue weighted by molar-refractivity contribution is 7.61. The lowest BCUT2D eigenvalue weighted by Crippen LogP contribution is -2.52. The second-order valence-electron chi connectivity index (χ2n) is 18.3. The van der Waals surface area contributed by atoms with E-state index in [1.807, 2.05) is 6.92 Å². The summed E-state index contributed by atoms with van der Waals surface area (Å²) in [6, 6.07) is 1.24. The predicted molar refractivity (Wildman–Crippen MR) is 263 cm³/mol. The molecule has 9 N–H and O–H groups in total. The molecule has 1 fully saturated rings. The number of fused-ring (bicyclic) bond motifs is 3. The lowest BCUT2D eigenvalue weighted by atomic mass is 9.82. The topological polar surface area (TPSA) is 326 Å². The number of rotatable bonds is 21. The molecule has 21 nitrogen and oxygen atoms in total. The van der Waals surface area contributed by atoms with Crippen molar-refractivity contribution in [3.63, 3.8) is 0 Å². The molecule has 3 rings (SSSR count). The summed E-state index contributed by atoms with van der Waals surface area (Å²) in [5.41, 5.74) is 4.77. The van der Waals surface area contributed by atoms with Crippen LogP contribution in [0.5, 0.6) is 0 Å². The smallest absolute Gasteiger partial charge is 0.462 e. The molecular formula is C48H81N3O18P2. The number of carbonyl (C=O) groups excluding carboxylic acids is 2. The van der Waals surface area contributed by atoms with E-state index in [0.29, 0.717) is 25.7 Å². The molecule has 2 aliphatic rings. The van der Waals surface area contributed by atoms with Crippen molar-refractivity contribution in [1.29, 1.82) is 0 Å². The average Bonchev–Trinajstić information content (AvgIpc) is 3.30. The number of phosphoric ester groups is 2. The molecule has 0 amide bonds. The second-order valence-corrected chi connectivity index (χ2v) is 21.3. The highest BCUT2D eigenvalue weighted by atomic mass is 31.3. The zero-order valence-corrected chi connectivity index (χ0v) is 43.1. The van der Waals surface area contributed by atoms with Crippen LogP contribution in [0, 0.1) is 11.8 Å². The number of phosphoric acid groups is 2. The number of aromatic nitrogens is 2. The van der Waals surface area contributed by atoms with Crippen LogP contribution in [0.1, 0.15) is 155 Å². The van der Waals surface area contributed by atoms with E-state index < -0.39 is 120 Å². The molecule has 0 aromatic carbocycles. The fraction of sp³-hybridized carbons (Fsp3) is 0.750. The number of aliphatic hydroxyl groups is 5. The first kappa shape index (κ1) is 62.2. The van der Waals surface area contributed by atoms with Gasteiger partial charge in [-0.05, 0) is 63.9 Å². The number of unbranched alkanes of at least 4 members (excludes halogenated alkanes) is 11. The van der Waals surface area contributed by atoms with Gasteiger partial charge in [0.05, 0.1) is 37.6 Å². The number of aliphatic hydroxyl groups excluding tert-OH is 5. The van der Waals surface area contributed by atoms with Gasteiger partial charge in [-0.2, -0.15) is 9.29 Å². The quantitative estimate of drug-likeness (QED) is 0.0286. The van der Waals surface area contributed by atoms with E-state index in [-0.39, 0.29) is 31.5 Å². The normalized spacial score (nSPS) is 31.2. The van der Waals surface area contributed by atoms with E-state index in [0.717, 1.165) is 55.9 Å². The summed E-state index contributed by atoms with van der Waals surface area (Å²) < 4.78 is 59.0. The Kier molecular flexibility index (Phi) is 29.4. The number of nitrogens with two attached hydrogens (primary N) is 1. The molecule has 1 saturated heterocycles. The molecule has 2 unspecified atom stereocenters. The first-order valence-electron chi connectivity index (χ1n) is 25.3. The number of carbonyl (C=O) groups is 2. The largest absolute Gasteiger partial charge is 0.481 e. The van der Waals surface area contributed by atoms with Crippen LogP contribution in [-0.4, -0.2) is 119 Å². The Hall–Kier alpha value is -3.14. The Morgan fingerprint density at radius 1 is 0.873 bits per heavy atom. The van der Waals surface area contributed by atoms with Crippen molar-refractivity contribution in [2.24, 2.45) is 11.8 Å². The van der Waals surface area contributed by atoms with Gasteiger partial charge in [0.2, 0.25) is 0 Å². The predicted octanol–water partition coefficient (Wildman–Crippen LogP) is 6.38. The molecule has 0 spiro atoms. The van der Waals surface area contributed by atoms with Crippen LogP contribution in [-0.2, 0) is 46.3 Å². The second kappa shape index (κ2) is 33.6. The van der Waals surface area contributed by atoms with Crippen molar-refractivity contribution < 1.29 is 81.6 Å². The third-order valence-electron chi connectivity index (χ3n) is 12.2. The van der Waals surface area contributed by atoms with E-state index in [4.69, 9.17) is 29.0 Å². The molecule has 406 valence electrons. The molecule has 12 atom stereocenters. The summed E-state index contributed by atoms with van der Waals surface area (Å²) in [6.45, 7) is 1.45. The number of ether oxygens (including phenoxy) is 3. The summed E-state index contributed by atoms with van der Waals surface area (Å²) >= 11 is 0. The zero-order valence-electron chi connectivity index (χ0n) is 41.4. The molecule has 0 saturated carbocycles. The Morgan fingerprint density at radius 2 is 1.52 bits per heavy atom. The third kappa shape index (κ3) is 24.6. The minimum atomic E-state index is -5.71. The van der Waals surface area contributed by atoms with Crippen molar-refractivity contribution in [2.75, 3.05) is 25.6 Å². The van der Waals surface area contributed by atoms with Crippen molar-refractivity contribution in [3.8, 4) is 0 Å². The first-order valence-corrected chi connectivity index (χ1v) is 28.2. The summed E-state index contributed by atoms with van der Waals surface area (Å²) in [7, 11) is -11.3. The van der Waals surface area contributed by atoms with E-state index in [1.54, 1.807) is 12.2 Å². The summed E-state index contributed by atoms with van der Waals surface area (Å²) in [6.07, 6.45) is 12.0. The zero-order chi connectivity index (χ0) is 52.2. The Labute approximate surface area is 417 Å². The van der Waals surface area contributed by atoms with Gasteiger partial charge in [0.1, 0.15) is 30.9 Å². The number of hydrogen-bond donors (Lipinski definition) is 8. The number of cyclic esters (lactones) is 1. The van der Waals surface area contributed by atoms with Crippen LogP contribution in [0.4, 0.5) is 5.82 Å². The fourth-order valence-electron chi connectivity index (χ4n) is 8.17. The molecule has 23 heteroatoms. The monoisotopic (exact) mass is 1050 g/mol. The average molecular weight is 1050 g/mol. The molecule has 1 aromatic heterocycles. The number of hydrogen-bond acceptors (Lipinski definition) is 18. The van der Waals surface area contributed by atoms with Crippen LogP contribution in [0.3, 0.4) is 0 Å². The number of nitrogen functional groups attached to an aromatic ring is 1. The van der Waals surface area contributed by atoms with Gasteiger partial charge in [0.15, 0.2) is 6.10 Å². The van der Waals surface area contributed by atoms with Crippen molar-refractivity contribution in [3.05, 3.63) is 59.2 Å². The van der Waals surface area contributed by atoms with Gasteiger partial charge in [-0.3, -0.25) is 23.2 Å². The first-order chi connectivity index (χ1) is 33.9. The van der Waals surface area contributed by atoms with Gasteiger partial charge in [-0.25, -0.2) is 13.9 Å². The van der Waals surface area contributed by atoms with Gasteiger partial charge in [-0.1, -0.05) is 108 Å². The molecule has 2 aliphatic heterocycles. The van der Waals surface area contributed by atoms with Crippen molar-refractivity contribution in [1.82, 2.24) is 9.55 Å². The van der Waals surface area contributed by atoms with Gasteiger partial charge in [0, 0.05) is 37.3 Å². The van der Waals surface area contributed by atoms with Crippen LogP contribution < -0.4 is 11.4 Å². The SMILES string of the molecule is CCCCCC/C=C\CCCCCCCC(=O)O[C@@H]1COC(=O)CCC/C=C\C[C@@H]2[C@H](n3ccc(N)nc3=O)O[C@H](COP(=O)(O)OP(=O)(O)OC1)[C@@H](O)[C@@H](O)[C@@H](/C=C/[C@@H](O)CCCCC)[C@H](O)C[C@@H]2O. The van der Waals surface area contributed by atoms with Crippen LogP contribution in [0.15, 0.2) is 53.5 Å². The molecule has 3 heterocycles. The van der Waals surface area contributed by atoms with Gasteiger partial charge >= 0.3 is 33.3 Å². The standard InChI is InChI=1S/C48H81N3O18P2/c1-3-5-7-8-9-10-11-12-13-14-15-16-22-26-44(56)67-36-32-64-43(55)25-21-18-17-20-24-38-40(54)31-39(53)37(28-27-35(52)23-19-6-4-2)45(57)46(58)41(34-66-71(62,63)69-70(60,61)65-33-36)68-47(38)51-30-29-42(49)50-48(51)59/h10-11,17,20,27-30,35-41,45-47,52-54,57-58H,3-9,12-16,18-19,21-26,31-34H2,1-2H3,(H,60,61)(H,62,63)(H2,49,50,59)/b11-10-,20-17-,28-27+/t35-,36+,37-,38-,39+,40-,41+,45-,46+,47+/m0/s1.